The van der Waals surface area contributed by atoms with Gasteiger partial charge in [-0.1, -0.05) is 36.6 Å². The summed E-state index contributed by atoms with van der Waals surface area (Å²) in [5.74, 6) is -1.57. The molecule has 1 aromatic rings. The Morgan fingerprint density at radius 2 is 1.91 bits per heavy atom. The number of carbonyl (C=O) groups excluding carboxylic acids is 2. The minimum atomic E-state index is -0.974. The molecule has 33 heavy (non-hydrogen) atoms. The van der Waals surface area contributed by atoms with Gasteiger partial charge < -0.3 is 19.5 Å². The number of hydrogen-bond acceptors (Lipinski definition) is 6. The van der Waals surface area contributed by atoms with Crippen LogP contribution in [0.25, 0.3) is 0 Å². The molecule has 3 rings (SSSR count). The van der Waals surface area contributed by atoms with Crippen LogP contribution >= 0.6 is 11.6 Å². The number of halogens is 1. The van der Waals surface area contributed by atoms with E-state index in [0.717, 1.165) is 31.2 Å². The summed E-state index contributed by atoms with van der Waals surface area (Å²) in [6.07, 6.45) is 4.31. The molecule has 0 radical (unpaired) electrons. The molecule has 0 aromatic heterocycles. The molecule has 9 heteroatoms. The van der Waals surface area contributed by atoms with Gasteiger partial charge in [-0.25, -0.2) is 4.79 Å². The summed E-state index contributed by atoms with van der Waals surface area (Å²) < 4.78 is 10.9. The van der Waals surface area contributed by atoms with Gasteiger partial charge in [-0.3, -0.25) is 14.9 Å². The molecule has 1 aliphatic carbocycles. The van der Waals surface area contributed by atoms with Crippen LogP contribution in [0.3, 0.4) is 0 Å². The van der Waals surface area contributed by atoms with E-state index in [-0.39, 0.29) is 37.7 Å². The fourth-order valence-corrected chi connectivity index (χ4v) is 5.02. The standard InChI is InChI=1S/C24H33ClN2O6/c1-3-33-24(31)19(14-32-13-16-8-10-18(25)11-9-16)26-15(2)22(28)27-20-7-5-4-6-17(20)12-21(27)23(29)30/h8-11,15,17,19-21,26H,3-7,12-14H2,1-2H3,(H,29,30)/t15-,17?,19-,20?,21?/m0/s1. The van der Waals surface area contributed by atoms with Gasteiger partial charge >= 0.3 is 11.9 Å². The fourth-order valence-electron chi connectivity index (χ4n) is 4.90. The Morgan fingerprint density at radius 1 is 1.21 bits per heavy atom. The zero-order valence-electron chi connectivity index (χ0n) is 19.2. The number of ether oxygens (including phenoxy) is 2. The number of carboxylic acid groups (broad SMARTS) is 1. The monoisotopic (exact) mass is 480 g/mol. The molecule has 0 spiro atoms. The molecule has 1 heterocycles. The molecule has 8 nitrogen and oxygen atoms in total. The number of carbonyl (C=O) groups is 3. The zero-order valence-corrected chi connectivity index (χ0v) is 19.9. The molecule has 1 saturated heterocycles. The van der Waals surface area contributed by atoms with E-state index in [1.807, 2.05) is 12.1 Å². The number of likely N-dealkylation sites (tertiary alicyclic amines) is 1. The van der Waals surface area contributed by atoms with Crippen molar-refractivity contribution < 1.29 is 29.0 Å². The first kappa shape index (κ1) is 25.5. The van der Waals surface area contributed by atoms with Crippen LogP contribution in [0.5, 0.6) is 0 Å². The summed E-state index contributed by atoms with van der Waals surface area (Å²) in [5, 5.41) is 13.4. The molecule has 3 unspecified atom stereocenters. The van der Waals surface area contributed by atoms with Crippen molar-refractivity contribution in [2.45, 2.75) is 76.7 Å². The molecule has 0 bridgehead atoms. The van der Waals surface area contributed by atoms with Crippen molar-refractivity contribution in [3.8, 4) is 0 Å². The molecule has 2 aliphatic rings. The summed E-state index contributed by atoms with van der Waals surface area (Å²) in [5.41, 5.74) is 0.899. The van der Waals surface area contributed by atoms with Gasteiger partial charge in [0, 0.05) is 11.1 Å². The van der Waals surface area contributed by atoms with Crippen molar-refractivity contribution in [1.29, 1.82) is 0 Å². The lowest BCUT2D eigenvalue weighted by Gasteiger charge is -2.35. The minimum absolute atomic E-state index is 0.00743. The molecule has 2 N–H and O–H groups in total. The van der Waals surface area contributed by atoms with E-state index >= 15 is 0 Å². The molecule has 1 amide bonds. The first-order chi connectivity index (χ1) is 15.8. The number of aliphatic carboxylic acids is 1. The van der Waals surface area contributed by atoms with Crippen LogP contribution in [0.4, 0.5) is 0 Å². The Hall–Kier alpha value is -2.16. The molecular weight excluding hydrogens is 448 g/mol. The highest BCUT2D eigenvalue weighted by atomic mass is 35.5. The molecule has 182 valence electrons. The molecule has 1 aromatic carbocycles. The third-order valence-electron chi connectivity index (χ3n) is 6.49. The molecule has 5 atom stereocenters. The van der Waals surface area contributed by atoms with Crippen LogP contribution in [0.1, 0.15) is 51.5 Å². The van der Waals surface area contributed by atoms with Crippen LogP contribution in [-0.4, -0.2) is 65.2 Å². The van der Waals surface area contributed by atoms with Gasteiger partial charge in [-0.15, -0.1) is 0 Å². The van der Waals surface area contributed by atoms with Crippen molar-refractivity contribution in [3.63, 3.8) is 0 Å². The maximum Gasteiger partial charge on any atom is 0.326 e. The number of benzene rings is 1. The Balaban J connectivity index is 1.65. The maximum absolute atomic E-state index is 13.4. The molecule has 2 fully saturated rings. The molecule has 1 aliphatic heterocycles. The Morgan fingerprint density at radius 3 is 2.58 bits per heavy atom. The van der Waals surface area contributed by atoms with Crippen LogP contribution in [0.2, 0.25) is 5.02 Å². The Labute approximate surface area is 199 Å². The third kappa shape index (κ3) is 6.46. The van der Waals surface area contributed by atoms with E-state index in [1.54, 1.807) is 30.9 Å². The van der Waals surface area contributed by atoms with Crippen molar-refractivity contribution >= 4 is 29.4 Å². The minimum Gasteiger partial charge on any atom is -0.480 e. The number of hydrogen-bond donors (Lipinski definition) is 2. The largest absolute Gasteiger partial charge is 0.480 e. The first-order valence-corrected chi connectivity index (χ1v) is 12.0. The highest BCUT2D eigenvalue weighted by Crippen LogP contribution is 2.40. The Kier molecular flexibility index (Phi) is 9.11. The fraction of sp³-hybridized carbons (Fsp3) is 0.625. The van der Waals surface area contributed by atoms with Crippen LogP contribution in [0.15, 0.2) is 24.3 Å². The lowest BCUT2D eigenvalue weighted by Crippen LogP contribution is -2.56. The predicted octanol–water partition coefficient (Wildman–Crippen LogP) is 3.01. The van der Waals surface area contributed by atoms with E-state index in [9.17, 15) is 19.5 Å². The predicted molar refractivity (Wildman–Crippen MR) is 123 cm³/mol. The second-order valence-corrected chi connectivity index (χ2v) is 9.22. The SMILES string of the molecule is CCOC(=O)[C@H](COCc1ccc(Cl)cc1)N[C@@H](C)C(=O)N1C(C(=O)O)CC2CCCCC21. The second kappa shape index (κ2) is 11.8. The highest BCUT2D eigenvalue weighted by molar-refractivity contribution is 6.30. The van der Waals surface area contributed by atoms with Gasteiger partial charge in [-0.2, -0.15) is 0 Å². The quantitative estimate of drug-likeness (QED) is 0.496. The first-order valence-electron chi connectivity index (χ1n) is 11.6. The normalized spacial score (nSPS) is 24.1. The molecular formula is C24H33ClN2O6. The summed E-state index contributed by atoms with van der Waals surface area (Å²) in [4.78, 5) is 39.3. The van der Waals surface area contributed by atoms with E-state index in [1.165, 1.54) is 0 Å². The Bertz CT molecular complexity index is 833. The lowest BCUT2D eigenvalue weighted by atomic mass is 9.84. The number of nitrogens with one attached hydrogen (secondary N) is 1. The smallest absolute Gasteiger partial charge is 0.326 e. The average molecular weight is 481 g/mol. The summed E-state index contributed by atoms with van der Waals surface area (Å²) in [6, 6.07) is 4.69. The van der Waals surface area contributed by atoms with E-state index in [0.29, 0.717) is 11.4 Å². The highest BCUT2D eigenvalue weighted by Gasteiger charge is 2.48. The number of amides is 1. The number of rotatable bonds is 10. The number of nitrogens with zero attached hydrogens (tertiary/aromatic N) is 1. The van der Waals surface area contributed by atoms with Crippen LogP contribution in [0, 0.1) is 5.92 Å². The molecule has 1 saturated carbocycles. The zero-order chi connectivity index (χ0) is 24.0. The van der Waals surface area contributed by atoms with Gasteiger partial charge in [0.15, 0.2) is 0 Å². The number of carboxylic acids is 1. The average Bonchev–Trinajstić information content (AvgIpc) is 3.19. The van der Waals surface area contributed by atoms with E-state index in [2.05, 4.69) is 5.32 Å². The van der Waals surface area contributed by atoms with E-state index in [4.69, 9.17) is 21.1 Å². The summed E-state index contributed by atoms with van der Waals surface area (Å²) in [6.45, 7) is 3.85. The van der Waals surface area contributed by atoms with Gasteiger partial charge in [-0.05, 0) is 56.7 Å². The van der Waals surface area contributed by atoms with Crippen molar-refractivity contribution in [2.24, 2.45) is 5.92 Å². The maximum atomic E-state index is 13.4. The van der Waals surface area contributed by atoms with Gasteiger partial charge in [0.05, 0.1) is 25.9 Å². The topological polar surface area (TPSA) is 105 Å². The van der Waals surface area contributed by atoms with Crippen molar-refractivity contribution in [3.05, 3.63) is 34.9 Å². The van der Waals surface area contributed by atoms with Gasteiger partial charge in [0.2, 0.25) is 5.91 Å². The van der Waals surface area contributed by atoms with Gasteiger partial charge in [0.1, 0.15) is 12.1 Å². The lowest BCUT2D eigenvalue weighted by molar-refractivity contribution is -0.152. The second-order valence-electron chi connectivity index (χ2n) is 8.78. The van der Waals surface area contributed by atoms with Crippen LogP contribution in [-0.2, 0) is 30.5 Å². The van der Waals surface area contributed by atoms with Crippen molar-refractivity contribution in [1.82, 2.24) is 10.2 Å². The summed E-state index contributed by atoms with van der Waals surface area (Å²) in [7, 11) is 0. The summed E-state index contributed by atoms with van der Waals surface area (Å²) >= 11 is 5.90. The number of fused-ring (bicyclic) bond motifs is 1. The third-order valence-corrected chi connectivity index (χ3v) is 6.74. The van der Waals surface area contributed by atoms with E-state index < -0.39 is 30.1 Å². The van der Waals surface area contributed by atoms with Crippen LogP contribution < -0.4 is 5.32 Å². The number of esters is 1. The van der Waals surface area contributed by atoms with Gasteiger partial charge in [0.25, 0.3) is 0 Å². The van der Waals surface area contributed by atoms with Crippen molar-refractivity contribution in [2.75, 3.05) is 13.2 Å².